The van der Waals surface area contributed by atoms with Crippen molar-refractivity contribution in [2.24, 2.45) is 0 Å². The number of hydrogen-bond acceptors (Lipinski definition) is 5. The Balaban J connectivity index is 1.54. The first-order chi connectivity index (χ1) is 16.9. The molecule has 0 unspecified atom stereocenters. The number of benzene rings is 2. The molecule has 0 heterocycles. The van der Waals surface area contributed by atoms with Crippen LogP contribution in [0.5, 0.6) is 5.75 Å². The first-order valence-corrected chi connectivity index (χ1v) is 13.0. The van der Waals surface area contributed by atoms with Crippen LogP contribution >= 0.6 is 0 Å². The van der Waals surface area contributed by atoms with Gasteiger partial charge in [-0.25, -0.2) is 17.9 Å². The van der Waals surface area contributed by atoms with Gasteiger partial charge in [0.15, 0.2) is 0 Å². The number of hydrogen-bond donors (Lipinski definition) is 3. The first kappa shape index (κ1) is 27.3. The van der Waals surface area contributed by atoms with Gasteiger partial charge in [-0.15, -0.1) is 13.2 Å². The van der Waals surface area contributed by atoms with Crippen LogP contribution in [0, 0.1) is 6.92 Å². The number of rotatable bonds is 8. The Morgan fingerprint density at radius 3 is 2.33 bits per heavy atom. The lowest BCUT2D eigenvalue weighted by Crippen LogP contribution is -2.45. The number of ether oxygens (including phenoxy) is 1. The lowest BCUT2D eigenvalue weighted by atomic mass is 9.96. The van der Waals surface area contributed by atoms with Crippen LogP contribution in [-0.2, 0) is 16.4 Å². The molecular weight excluding hydrogens is 499 g/mol. The van der Waals surface area contributed by atoms with Crippen molar-refractivity contribution in [2.75, 3.05) is 6.54 Å². The molecule has 8 nitrogen and oxygen atoms in total. The zero-order valence-corrected chi connectivity index (χ0v) is 20.5. The molecule has 3 amide bonds. The quantitative estimate of drug-likeness (QED) is 0.477. The minimum absolute atomic E-state index is 0.0394. The summed E-state index contributed by atoms with van der Waals surface area (Å²) < 4.78 is 68.8. The molecule has 1 fully saturated rings. The van der Waals surface area contributed by atoms with E-state index in [-0.39, 0.29) is 23.0 Å². The van der Waals surface area contributed by atoms with Crippen molar-refractivity contribution < 1.29 is 35.9 Å². The van der Waals surface area contributed by atoms with E-state index >= 15 is 0 Å². The molecule has 2 aromatic rings. The van der Waals surface area contributed by atoms with Gasteiger partial charge >= 0.3 is 12.4 Å². The molecule has 1 saturated carbocycles. The van der Waals surface area contributed by atoms with Crippen LogP contribution in [-0.4, -0.2) is 39.3 Å². The van der Waals surface area contributed by atoms with Crippen LogP contribution in [0.3, 0.4) is 0 Å². The van der Waals surface area contributed by atoms with Gasteiger partial charge in [-0.2, -0.15) is 0 Å². The Morgan fingerprint density at radius 2 is 1.69 bits per heavy atom. The average molecular weight is 528 g/mol. The molecule has 3 rings (SSSR count). The van der Waals surface area contributed by atoms with Crippen LogP contribution in [0.25, 0.3) is 0 Å². The van der Waals surface area contributed by atoms with Gasteiger partial charge in [0.25, 0.3) is 15.9 Å². The van der Waals surface area contributed by atoms with Gasteiger partial charge in [0.2, 0.25) is 0 Å². The fourth-order valence-corrected chi connectivity index (χ4v) is 4.84. The van der Waals surface area contributed by atoms with E-state index in [1.54, 1.807) is 6.92 Å². The fourth-order valence-electron chi connectivity index (χ4n) is 3.93. The molecule has 0 bridgehead atoms. The summed E-state index contributed by atoms with van der Waals surface area (Å²) in [5, 5.41) is 5.23. The van der Waals surface area contributed by atoms with E-state index in [1.807, 2.05) is 4.72 Å². The number of sulfonamides is 1. The largest absolute Gasteiger partial charge is 0.573 e. The van der Waals surface area contributed by atoms with Crippen molar-refractivity contribution in [2.45, 2.75) is 62.7 Å². The normalized spacial score (nSPS) is 14.7. The molecule has 2 aromatic carbocycles. The van der Waals surface area contributed by atoms with Crippen LogP contribution in [0.4, 0.5) is 18.0 Å². The third-order valence-corrected chi connectivity index (χ3v) is 7.05. The molecule has 0 spiro atoms. The number of urea groups is 1. The third kappa shape index (κ3) is 8.14. The second-order valence-corrected chi connectivity index (χ2v) is 10.3. The summed E-state index contributed by atoms with van der Waals surface area (Å²) in [4.78, 5) is 24.4. The SMILES string of the molecule is Cc1ccc(OC(F)(F)F)c(C(=O)NCCc2ccc(S(=O)(=O)NC(=O)NC3CCCCC3)cc2)c1. The van der Waals surface area contributed by atoms with E-state index in [4.69, 9.17) is 0 Å². The zero-order valence-electron chi connectivity index (χ0n) is 19.7. The van der Waals surface area contributed by atoms with Gasteiger partial charge in [0, 0.05) is 12.6 Å². The summed E-state index contributed by atoms with van der Waals surface area (Å²) in [6.07, 6.45) is 0.0903. The highest BCUT2D eigenvalue weighted by Crippen LogP contribution is 2.27. The van der Waals surface area contributed by atoms with Gasteiger partial charge in [-0.05, 0) is 56.0 Å². The molecule has 12 heteroatoms. The van der Waals surface area contributed by atoms with E-state index in [2.05, 4.69) is 15.4 Å². The monoisotopic (exact) mass is 527 g/mol. The van der Waals surface area contributed by atoms with Crippen molar-refractivity contribution in [1.29, 1.82) is 0 Å². The van der Waals surface area contributed by atoms with Crippen molar-refractivity contribution in [3.63, 3.8) is 0 Å². The second kappa shape index (κ2) is 11.6. The molecule has 196 valence electrons. The van der Waals surface area contributed by atoms with Gasteiger partial charge < -0.3 is 15.4 Å². The lowest BCUT2D eigenvalue weighted by molar-refractivity contribution is -0.274. The molecule has 0 aliphatic heterocycles. The van der Waals surface area contributed by atoms with E-state index in [0.29, 0.717) is 17.5 Å². The van der Waals surface area contributed by atoms with E-state index in [1.165, 1.54) is 36.4 Å². The Hall–Kier alpha value is -3.28. The fraction of sp³-hybridized carbons (Fsp3) is 0.417. The molecule has 0 saturated heterocycles. The smallest absolute Gasteiger partial charge is 0.405 e. The van der Waals surface area contributed by atoms with Gasteiger partial charge in [0.1, 0.15) is 5.75 Å². The van der Waals surface area contributed by atoms with Crippen LogP contribution in [0.15, 0.2) is 47.4 Å². The summed E-state index contributed by atoms with van der Waals surface area (Å²) in [6, 6.07) is 8.72. The topological polar surface area (TPSA) is 114 Å². The number of carbonyl (C=O) groups is 2. The number of carbonyl (C=O) groups excluding carboxylic acids is 2. The molecule has 0 radical (unpaired) electrons. The van der Waals surface area contributed by atoms with Crippen LogP contribution < -0.4 is 20.1 Å². The summed E-state index contributed by atoms with van der Waals surface area (Å²) >= 11 is 0. The number of aryl methyl sites for hydroxylation is 1. The average Bonchev–Trinajstić information content (AvgIpc) is 2.80. The summed E-state index contributed by atoms with van der Waals surface area (Å²) in [7, 11) is -4.06. The number of halogens is 3. The third-order valence-electron chi connectivity index (χ3n) is 5.71. The minimum Gasteiger partial charge on any atom is -0.405 e. The molecule has 3 N–H and O–H groups in total. The summed E-state index contributed by atoms with van der Waals surface area (Å²) in [5.74, 6) is -1.33. The Bertz CT molecular complexity index is 1180. The van der Waals surface area contributed by atoms with Crippen LogP contribution in [0.2, 0.25) is 0 Å². The first-order valence-electron chi connectivity index (χ1n) is 11.5. The summed E-state index contributed by atoms with van der Waals surface area (Å²) in [6.45, 7) is 1.73. The molecule has 36 heavy (non-hydrogen) atoms. The highest BCUT2D eigenvalue weighted by molar-refractivity contribution is 7.90. The van der Waals surface area contributed by atoms with Crippen molar-refractivity contribution in [3.05, 3.63) is 59.2 Å². The van der Waals surface area contributed by atoms with Crippen LogP contribution in [0.1, 0.15) is 53.6 Å². The van der Waals surface area contributed by atoms with E-state index < -0.39 is 34.1 Å². The van der Waals surface area contributed by atoms with E-state index in [0.717, 1.165) is 38.2 Å². The van der Waals surface area contributed by atoms with E-state index in [9.17, 15) is 31.2 Å². The number of alkyl halides is 3. The molecule has 1 aliphatic rings. The minimum atomic E-state index is -4.93. The molecule has 1 aliphatic carbocycles. The Kier molecular flexibility index (Phi) is 8.83. The van der Waals surface area contributed by atoms with Crippen molar-refractivity contribution in [3.8, 4) is 5.75 Å². The Morgan fingerprint density at radius 1 is 1.03 bits per heavy atom. The van der Waals surface area contributed by atoms with Gasteiger partial charge in [-0.1, -0.05) is 43.0 Å². The highest BCUT2D eigenvalue weighted by atomic mass is 32.2. The van der Waals surface area contributed by atoms with Gasteiger partial charge in [0.05, 0.1) is 10.5 Å². The highest BCUT2D eigenvalue weighted by Gasteiger charge is 2.33. The lowest BCUT2D eigenvalue weighted by Gasteiger charge is -2.22. The molecular formula is C24H28F3N3O5S. The maximum absolute atomic E-state index is 12.6. The number of amides is 3. The summed E-state index contributed by atoms with van der Waals surface area (Å²) in [5.41, 5.74) is 1.02. The zero-order chi connectivity index (χ0) is 26.3. The number of nitrogens with one attached hydrogen (secondary N) is 3. The molecule has 0 aromatic heterocycles. The van der Waals surface area contributed by atoms with Crippen molar-refractivity contribution in [1.82, 2.24) is 15.4 Å². The molecule has 0 atom stereocenters. The maximum Gasteiger partial charge on any atom is 0.573 e. The predicted octanol–water partition coefficient (Wildman–Crippen LogP) is 4.19. The maximum atomic E-state index is 12.6. The van der Waals surface area contributed by atoms with Gasteiger partial charge in [-0.3, -0.25) is 4.79 Å². The standard InChI is InChI=1S/C24H28F3N3O5S/c1-16-7-12-21(35-24(25,26)27)20(15-16)22(31)28-14-13-17-8-10-19(11-9-17)36(33,34)30-23(32)29-18-5-3-2-4-6-18/h7-12,15,18H,2-6,13-14H2,1H3,(H,28,31)(H2,29,30,32). The van der Waals surface area contributed by atoms with Crippen molar-refractivity contribution >= 4 is 22.0 Å². The second-order valence-electron chi connectivity index (χ2n) is 8.61. The predicted molar refractivity (Wildman–Crippen MR) is 126 cm³/mol. The Labute approximate surface area is 207 Å².